The van der Waals surface area contributed by atoms with Crippen LogP contribution in [-0.2, 0) is 16.6 Å². The molecule has 0 fully saturated rings. The summed E-state index contributed by atoms with van der Waals surface area (Å²) in [7, 11) is 0. The van der Waals surface area contributed by atoms with E-state index in [1.807, 2.05) is 12.1 Å². The Morgan fingerprint density at radius 3 is 2.67 bits per heavy atom. The first kappa shape index (κ1) is 10.1. The third-order valence-electron chi connectivity index (χ3n) is 2.66. The van der Waals surface area contributed by atoms with Gasteiger partial charge in [0.05, 0.1) is 12.1 Å². The normalized spacial score (nSPS) is 15.3. The topological polar surface area (TPSA) is 30.0 Å². The molecule has 0 amide bonds. The lowest BCUT2D eigenvalue weighted by Crippen LogP contribution is -2.17. The summed E-state index contributed by atoms with van der Waals surface area (Å²) in [5.41, 5.74) is 3.40. The van der Waals surface area contributed by atoms with Crippen molar-refractivity contribution < 1.29 is 4.79 Å². The first-order chi connectivity index (χ1) is 6.98. The molecule has 1 aliphatic carbocycles. The summed E-state index contributed by atoms with van der Waals surface area (Å²) in [4.78, 5) is 15.5. The molecule has 78 valence electrons. The van der Waals surface area contributed by atoms with Crippen LogP contribution in [0, 0.1) is 0 Å². The van der Waals surface area contributed by atoms with Crippen LogP contribution >= 0.6 is 0 Å². The predicted molar refractivity (Wildman–Crippen MR) is 60.7 cm³/mol. The molecule has 0 aliphatic heterocycles. The number of rotatable bonds is 0. The molecule has 1 aliphatic rings. The lowest BCUT2D eigenvalue weighted by atomic mass is 9.82. The molecule has 0 unspecified atom stereocenters. The molecule has 0 saturated carbocycles. The highest BCUT2D eigenvalue weighted by Crippen LogP contribution is 2.29. The minimum absolute atomic E-state index is 0.0950. The zero-order valence-corrected chi connectivity index (χ0v) is 9.37. The molecule has 1 aromatic heterocycles. The number of ketones is 1. The van der Waals surface area contributed by atoms with Gasteiger partial charge in [0.1, 0.15) is 0 Å². The Kier molecular flexibility index (Phi) is 2.22. The van der Waals surface area contributed by atoms with E-state index in [4.69, 9.17) is 0 Å². The van der Waals surface area contributed by atoms with Gasteiger partial charge in [0, 0.05) is 11.8 Å². The van der Waals surface area contributed by atoms with E-state index in [0.29, 0.717) is 6.42 Å². The number of hydrogen-bond acceptors (Lipinski definition) is 2. The van der Waals surface area contributed by atoms with E-state index in [1.165, 1.54) is 5.56 Å². The molecule has 0 saturated heterocycles. The number of pyridine rings is 1. The van der Waals surface area contributed by atoms with Gasteiger partial charge in [0.25, 0.3) is 0 Å². The first-order valence-corrected chi connectivity index (χ1v) is 5.18. The van der Waals surface area contributed by atoms with Crippen molar-refractivity contribution in [2.24, 2.45) is 0 Å². The van der Waals surface area contributed by atoms with Gasteiger partial charge < -0.3 is 0 Å². The standard InChI is InChI=1S/C13H15NO/c1-13(2,3)11-6-7-14-12-8-9(15)4-5-10(11)12/h4-7H,8H2,1-3H3. The molecule has 1 heterocycles. The maximum absolute atomic E-state index is 11.3. The van der Waals surface area contributed by atoms with Crippen LogP contribution in [0.1, 0.15) is 37.6 Å². The Bertz CT molecular complexity index is 438. The van der Waals surface area contributed by atoms with E-state index in [0.717, 1.165) is 11.3 Å². The number of carbonyl (C=O) groups is 1. The summed E-state index contributed by atoms with van der Waals surface area (Å²) in [6.07, 6.45) is 5.79. The zero-order valence-electron chi connectivity index (χ0n) is 9.37. The van der Waals surface area contributed by atoms with Crippen LogP contribution in [0.15, 0.2) is 18.3 Å². The number of carbonyl (C=O) groups excluding carboxylic acids is 1. The van der Waals surface area contributed by atoms with Gasteiger partial charge in [-0.1, -0.05) is 20.8 Å². The van der Waals surface area contributed by atoms with Crippen molar-refractivity contribution in [3.05, 3.63) is 35.2 Å². The Hall–Kier alpha value is -1.44. The van der Waals surface area contributed by atoms with Crippen LogP contribution in [0.4, 0.5) is 0 Å². The molecule has 0 N–H and O–H groups in total. The molecule has 0 atom stereocenters. The second-order valence-corrected chi connectivity index (χ2v) is 4.95. The smallest absolute Gasteiger partial charge is 0.161 e. The second kappa shape index (κ2) is 3.30. The summed E-state index contributed by atoms with van der Waals surface area (Å²) < 4.78 is 0. The van der Waals surface area contributed by atoms with E-state index in [1.54, 1.807) is 12.3 Å². The van der Waals surface area contributed by atoms with Gasteiger partial charge in [0.15, 0.2) is 5.78 Å². The van der Waals surface area contributed by atoms with Crippen molar-refractivity contribution >= 4 is 11.9 Å². The predicted octanol–water partition coefficient (Wildman–Crippen LogP) is 2.52. The highest BCUT2D eigenvalue weighted by atomic mass is 16.1. The number of nitrogens with zero attached hydrogens (tertiary/aromatic N) is 1. The molecular formula is C13H15NO. The molecule has 0 radical (unpaired) electrons. The monoisotopic (exact) mass is 201 g/mol. The van der Waals surface area contributed by atoms with Crippen LogP contribution in [0.5, 0.6) is 0 Å². The van der Waals surface area contributed by atoms with Crippen molar-refractivity contribution in [3.63, 3.8) is 0 Å². The highest BCUT2D eigenvalue weighted by Gasteiger charge is 2.21. The summed E-state index contributed by atoms with van der Waals surface area (Å²) >= 11 is 0. The Labute approximate surface area is 90.0 Å². The largest absolute Gasteiger partial charge is 0.294 e. The quantitative estimate of drug-likeness (QED) is 0.645. The third-order valence-corrected chi connectivity index (χ3v) is 2.66. The van der Waals surface area contributed by atoms with Gasteiger partial charge in [-0.2, -0.15) is 0 Å². The van der Waals surface area contributed by atoms with Crippen molar-refractivity contribution in [1.82, 2.24) is 4.98 Å². The molecule has 0 spiro atoms. The SMILES string of the molecule is CC(C)(C)c1ccnc2c1C=CC(=O)C2. The van der Waals surface area contributed by atoms with Gasteiger partial charge in [-0.05, 0) is 29.2 Å². The fourth-order valence-corrected chi connectivity index (χ4v) is 1.90. The summed E-state index contributed by atoms with van der Waals surface area (Å²) in [6, 6.07) is 2.04. The lowest BCUT2D eigenvalue weighted by Gasteiger charge is -2.24. The fraction of sp³-hybridized carbons (Fsp3) is 0.385. The van der Waals surface area contributed by atoms with Crippen LogP contribution < -0.4 is 0 Å². The number of hydrogen-bond donors (Lipinski definition) is 0. The first-order valence-electron chi connectivity index (χ1n) is 5.18. The number of fused-ring (bicyclic) bond motifs is 1. The van der Waals surface area contributed by atoms with E-state index in [9.17, 15) is 4.79 Å². The van der Waals surface area contributed by atoms with Gasteiger partial charge in [-0.25, -0.2) is 0 Å². The van der Waals surface area contributed by atoms with E-state index >= 15 is 0 Å². The number of aromatic nitrogens is 1. The van der Waals surface area contributed by atoms with Gasteiger partial charge in [-0.3, -0.25) is 9.78 Å². The van der Waals surface area contributed by atoms with Crippen LogP contribution in [0.25, 0.3) is 6.08 Å². The Balaban J connectivity index is 2.59. The molecule has 2 nitrogen and oxygen atoms in total. The molecule has 2 rings (SSSR count). The molecule has 1 aromatic rings. The molecule has 0 bridgehead atoms. The van der Waals surface area contributed by atoms with Crippen molar-refractivity contribution in [2.45, 2.75) is 32.6 Å². The Morgan fingerprint density at radius 2 is 2.00 bits per heavy atom. The average molecular weight is 201 g/mol. The van der Waals surface area contributed by atoms with Gasteiger partial charge >= 0.3 is 0 Å². The summed E-state index contributed by atoms with van der Waals surface area (Å²) in [5, 5.41) is 0. The number of allylic oxidation sites excluding steroid dienone is 1. The fourth-order valence-electron chi connectivity index (χ4n) is 1.90. The average Bonchev–Trinajstić information content (AvgIpc) is 2.15. The zero-order chi connectivity index (χ0) is 11.1. The highest BCUT2D eigenvalue weighted by molar-refractivity contribution is 5.98. The summed E-state index contributed by atoms with van der Waals surface area (Å²) in [6.45, 7) is 6.52. The van der Waals surface area contributed by atoms with Crippen LogP contribution in [-0.4, -0.2) is 10.8 Å². The van der Waals surface area contributed by atoms with Crippen molar-refractivity contribution in [2.75, 3.05) is 0 Å². The van der Waals surface area contributed by atoms with E-state index in [-0.39, 0.29) is 11.2 Å². The van der Waals surface area contributed by atoms with Gasteiger partial charge in [-0.15, -0.1) is 0 Å². The lowest BCUT2D eigenvalue weighted by molar-refractivity contribution is -0.114. The van der Waals surface area contributed by atoms with E-state index in [2.05, 4.69) is 25.8 Å². The van der Waals surface area contributed by atoms with Crippen molar-refractivity contribution in [3.8, 4) is 0 Å². The Morgan fingerprint density at radius 1 is 1.27 bits per heavy atom. The van der Waals surface area contributed by atoms with Crippen LogP contribution in [0.2, 0.25) is 0 Å². The second-order valence-electron chi connectivity index (χ2n) is 4.95. The van der Waals surface area contributed by atoms with E-state index < -0.39 is 0 Å². The van der Waals surface area contributed by atoms with Crippen LogP contribution in [0.3, 0.4) is 0 Å². The minimum Gasteiger partial charge on any atom is -0.294 e. The maximum Gasteiger partial charge on any atom is 0.161 e. The van der Waals surface area contributed by atoms with Crippen molar-refractivity contribution in [1.29, 1.82) is 0 Å². The maximum atomic E-state index is 11.3. The minimum atomic E-state index is 0.0950. The third kappa shape index (κ3) is 1.84. The molecule has 2 heteroatoms. The summed E-state index contributed by atoms with van der Waals surface area (Å²) in [5.74, 6) is 0.140. The molecular weight excluding hydrogens is 186 g/mol. The van der Waals surface area contributed by atoms with Gasteiger partial charge in [0.2, 0.25) is 0 Å². The molecule has 15 heavy (non-hydrogen) atoms. The molecule has 0 aromatic carbocycles.